The van der Waals surface area contributed by atoms with Gasteiger partial charge in [-0.15, -0.1) is 11.3 Å². The van der Waals surface area contributed by atoms with E-state index in [9.17, 15) is 4.79 Å². The summed E-state index contributed by atoms with van der Waals surface area (Å²) in [5.74, 6) is 0.581. The summed E-state index contributed by atoms with van der Waals surface area (Å²) in [6.45, 7) is 9.37. The van der Waals surface area contributed by atoms with Gasteiger partial charge < -0.3 is 16.0 Å². The van der Waals surface area contributed by atoms with Crippen LogP contribution >= 0.6 is 11.3 Å². The van der Waals surface area contributed by atoms with Gasteiger partial charge in [-0.3, -0.25) is 4.79 Å². The molecule has 0 spiro atoms. The van der Waals surface area contributed by atoms with E-state index in [-0.39, 0.29) is 5.91 Å². The number of anilines is 1. The SMILES string of the molecule is Cc1sc(C(=O)NCC2CCN(C(C)C)C2)cc1N. The van der Waals surface area contributed by atoms with Crippen molar-refractivity contribution in [2.75, 3.05) is 25.4 Å². The van der Waals surface area contributed by atoms with Crippen LogP contribution in [-0.4, -0.2) is 36.5 Å². The first-order chi connectivity index (χ1) is 8.97. The van der Waals surface area contributed by atoms with Crippen molar-refractivity contribution in [1.29, 1.82) is 0 Å². The van der Waals surface area contributed by atoms with Gasteiger partial charge in [-0.2, -0.15) is 0 Å². The van der Waals surface area contributed by atoms with E-state index < -0.39 is 0 Å². The Balaban J connectivity index is 1.81. The first-order valence-corrected chi connectivity index (χ1v) is 7.67. The molecule has 0 saturated carbocycles. The molecule has 1 aromatic heterocycles. The van der Waals surface area contributed by atoms with Crippen molar-refractivity contribution >= 4 is 22.9 Å². The van der Waals surface area contributed by atoms with Crippen LogP contribution in [0.25, 0.3) is 0 Å². The zero-order valence-electron chi connectivity index (χ0n) is 11.9. The maximum Gasteiger partial charge on any atom is 0.261 e. The van der Waals surface area contributed by atoms with Gasteiger partial charge in [0.1, 0.15) is 0 Å². The normalized spacial score (nSPS) is 20.1. The van der Waals surface area contributed by atoms with Crippen LogP contribution in [0.5, 0.6) is 0 Å². The van der Waals surface area contributed by atoms with Gasteiger partial charge in [0.05, 0.1) is 4.88 Å². The van der Waals surface area contributed by atoms with Crippen LogP contribution in [0.3, 0.4) is 0 Å². The van der Waals surface area contributed by atoms with Crippen LogP contribution < -0.4 is 11.1 Å². The number of carbonyl (C=O) groups excluding carboxylic acids is 1. The van der Waals surface area contributed by atoms with E-state index in [1.165, 1.54) is 17.8 Å². The fourth-order valence-electron chi connectivity index (χ4n) is 2.43. The van der Waals surface area contributed by atoms with Gasteiger partial charge in [-0.05, 0) is 45.7 Å². The molecule has 19 heavy (non-hydrogen) atoms. The molecule has 1 atom stereocenters. The number of hydrogen-bond acceptors (Lipinski definition) is 4. The van der Waals surface area contributed by atoms with Gasteiger partial charge in [-0.25, -0.2) is 0 Å². The fraction of sp³-hybridized carbons (Fsp3) is 0.643. The molecule has 1 amide bonds. The van der Waals surface area contributed by atoms with Crippen LogP contribution in [0.15, 0.2) is 6.07 Å². The molecule has 0 radical (unpaired) electrons. The molecule has 1 fully saturated rings. The van der Waals surface area contributed by atoms with Gasteiger partial charge in [0, 0.05) is 29.7 Å². The fourth-order valence-corrected chi connectivity index (χ4v) is 3.29. The Bertz CT molecular complexity index is 436. The minimum Gasteiger partial charge on any atom is -0.398 e. The quantitative estimate of drug-likeness (QED) is 0.888. The van der Waals surface area contributed by atoms with Crippen molar-refractivity contribution < 1.29 is 4.79 Å². The van der Waals surface area contributed by atoms with Crippen molar-refractivity contribution in [1.82, 2.24) is 10.2 Å². The number of hydrogen-bond donors (Lipinski definition) is 2. The van der Waals surface area contributed by atoms with Crippen molar-refractivity contribution in [3.8, 4) is 0 Å². The average molecular weight is 281 g/mol. The second-order valence-corrected chi connectivity index (χ2v) is 6.83. The maximum absolute atomic E-state index is 12.0. The number of thiophene rings is 1. The molecule has 2 rings (SSSR count). The van der Waals surface area contributed by atoms with E-state index in [1.807, 2.05) is 6.92 Å². The summed E-state index contributed by atoms with van der Waals surface area (Å²) in [7, 11) is 0. The maximum atomic E-state index is 12.0. The Labute approximate surface area is 119 Å². The van der Waals surface area contributed by atoms with E-state index in [4.69, 9.17) is 5.73 Å². The minimum atomic E-state index is 0.00722. The van der Waals surface area contributed by atoms with E-state index in [0.717, 1.165) is 24.5 Å². The summed E-state index contributed by atoms with van der Waals surface area (Å²) < 4.78 is 0. The largest absolute Gasteiger partial charge is 0.398 e. The summed E-state index contributed by atoms with van der Waals surface area (Å²) in [6.07, 6.45) is 1.17. The molecule has 0 aromatic carbocycles. The van der Waals surface area contributed by atoms with Gasteiger partial charge in [0.25, 0.3) is 5.91 Å². The second-order valence-electron chi connectivity index (χ2n) is 5.58. The van der Waals surface area contributed by atoms with Crippen molar-refractivity contribution in [2.45, 2.75) is 33.2 Å². The molecule has 1 aliphatic heterocycles. The number of aryl methyl sites for hydroxylation is 1. The molecule has 5 heteroatoms. The molecule has 106 valence electrons. The Morgan fingerprint density at radius 3 is 2.89 bits per heavy atom. The van der Waals surface area contributed by atoms with Crippen LogP contribution in [0.1, 0.15) is 34.8 Å². The lowest BCUT2D eigenvalue weighted by atomic mass is 10.1. The highest BCUT2D eigenvalue weighted by Gasteiger charge is 2.24. The zero-order chi connectivity index (χ0) is 14.0. The van der Waals surface area contributed by atoms with E-state index in [1.54, 1.807) is 6.07 Å². The third kappa shape index (κ3) is 3.48. The predicted molar refractivity (Wildman–Crippen MR) is 80.6 cm³/mol. The smallest absolute Gasteiger partial charge is 0.261 e. The monoisotopic (exact) mass is 281 g/mol. The lowest BCUT2D eigenvalue weighted by Gasteiger charge is -2.20. The lowest BCUT2D eigenvalue weighted by molar-refractivity contribution is 0.0951. The number of nitrogens with one attached hydrogen (secondary N) is 1. The van der Waals surface area contributed by atoms with Gasteiger partial charge in [-0.1, -0.05) is 0 Å². The number of nitrogen functional groups attached to an aromatic ring is 1. The summed E-state index contributed by atoms with van der Waals surface area (Å²) >= 11 is 1.46. The molecule has 0 bridgehead atoms. The standard InChI is InChI=1S/C14H23N3OS/c1-9(2)17-5-4-11(8-17)7-16-14(18)13-6-12(15)10(3)19-13/h6,9,11H,4-5,7-8,15H2,1-3H3,(H,16,18). The van der Waals surface area contributed by atoms with Crippen molar-refractivity contribution in [3.63, 3.8) is 0 Å². The zero-order valence-corrected chi connectivity index (χ0v) is 12.7. The molecule has 1 aromatic rings. The molecule has 0 aliphatic carbocycles. The van der Waals surface area contributed by atoms with Gasteiger partial charge in [0.15, 0.2) is 0 Å². The second kappa shape index (κ2) is 5.92. The lowest BCUT2D eigenvalue weighted by Crippen LogP contribution is -2.32. The Morgan fingerprint density at radius 1 is 1.63 bits per heavy atom. The number of nitrogens with zero attached hydrogens (tertiary/aromatic N) is 1. The van der Waals surface area contributed by atoms with Gasteiger partial charge in [0.2, 0.25) is 0 Å². The van der Waals surface area contributed by atoms with Crippen molar-refractivity contribution in [2.24, 2.45) is 5.92 Å². The number of carbonyl (C=O) groups is 1. The van der Waals surface area contributed by atoms with Crippen molar-refractivity contribution in [3.05, 3.63) is 15.8 Å². The highest BCUT2D eigenvalue weighted by molar-refractivity contribution is 7.14. The summed E-state index contributed by atoms with van der Waals surface area (Å²) in [6, 6.07) is 2.37. The molecule has 2 heterocycles. The third-order valence-corrected chi connectivity index (χ3v) is 4.84. The van der Waals surface area contributed by atoms with Gasteiger partial charge >= 0.3 is 0 Å². The first-order valence-electron chi connectivity index (χ1n) is 6.85. The number of likely N-dealkylation sites (tertiary alicyclic amines) is 1. The van der Waals surface area contributed by atoms with Crippen LogP contribution in [0.4, 0.5) is 5.69 Å². The first kappa shape index (κ1) is 14.3. The van der Waals surface area contributed by atoms with Crippen LogP contribution in [-0.2, 0) is 0 Å². The molecule has 1 aliphatic rings. The Hall–Kier alpha value is -1.07. The summed E-state index contributed by atoms with van der Waals surface area (Å²) in [5, 5.41) is 3.03. The molecule has 1 saturated heterocycles. The van der Waals surface area contributed by atoms with E-state index >= 15 is 0 Å². The Morgan fingerprint density at radius 2 is 2.37 bits per heavy atom. The molecule has 1 unspecified atom stereocenters. The minimum absolute atomic E-state index is 0.00722. The predicted octanol–water partition coefficient (Wildman–Crippen LogP) is 2.10. The molecule has 4 nitrogen and oxygen atoms in total. The molecule has 3 N–H and O–H groups in total. The number of rotatable bonds is 4. The number of amides is 1. The highest BCUT2D eigenvalue weighted by Crippen LogP contribution is 2.23. The Kier molecular flexibility index (Phi) is 4.47. The van der Waals surface area contributed by atoms with E-state index in [0.29, 0.717) is 22.5 Å². The molecular weight excluding hydrogens is 258 g/mol. The summed E-state index contributed by atoms with van der Waals surface area (Å²) in [5.41, 5.74) is 6.48. The topological polar surface area (TPSA) is 58.4 Å². The summed E-state index contributed by atoms with van der Waals surface area (Å²) in [4.78, 5) is 16.2. The number of nitrogens with two attached hydrogens (primary N) is 1. The molecular formula is C14H23N3OS. The third-order valence-electron chi connectivity index (χ3n) is 3.78. The van der Waals surface area contributed by atoms with Crippen LogP contribution in [0, 0.1) is 12.8 Å². The van der Waals surface area contributed by atoms with E-state index in [2.05, 4.69) is 24.1 Å². The van der Waals surface area contributed by atoms with Crippen LogP contribution in [0.2, 0.25) is 0 Å². The highest BCUT2D eigenvalue weighted by atomic mass is 32.1. The average Bonchev–Trinajstić information content (AvgIpc) is 2.94.